The summed E-state index contributed by atoms with van der Waals surface area (Å²) in [5, 5.41) is 16.0. The molecule has 2 aliphatic carbocycles. The van der Waals surface area contributed by atoms with E-state index >= 15 is 0 Å². The third kappa shape index (κ3) is 4.49. The molecular weight excluding hydrogens is 414 g/mol. The van der Waals surface area contributed by atoms with Crippen LogP contribution in [0.1, 0.15) is 40.2 Å². The molecule has 1 heterocycles. The second-order valence-corrected chi connectivity index (χ2v) is 8.97. The number of benzene rings is 1. The molecule has 4 rings (SSSR count). The summed E-state index contributed by atoms with van der Waals surface area (Å²) in [5.41, 5.74) is 1.22. The van der Waals surface area contributed by atoms with Crippen LogP contribution >= 0.6 is 22.9 Å². The van der Waals surface area contributed by atoms with Crippen molar-refractivity contribution in [3.8, 4) is 0 Å². The molecular formula is C20H20ClN3O4S. The molecule has 0 saturated heterocycles. The molecule has 7 nitrogen and oxygen atoms in total. The van der Waals surface area contributed by atoms with E-state index in [9.17, 15) is 19.5 Å². The van der Waals surface area contributed by atoms with E-state index in [1.54, 1.807) is 12.1 Å². The number of anilines is 1. The molecule has 0 radical (unpaired) electrons. The predicted octanol–water partition coefficient (Wildman–Crippen LogP) is 2.36. The van der Waals surface area contributed by atoms with Crippen LogP contribution in [0.2, 0.25) is 5.02 Å². The highest BCUT2D eigenvalue weighted by molar-refractivity contribution is 7.15. The first-order valence-electron chi connectivity index (χ1n) is 9.47. The second-order valence-electron chi connectivity index (χ2n) is 7.45. The number of Topliss-reactive ketones (excluding diaryl/α,β-unsaturated/α-hetero) is 1. The molecule has 3 N–H and O–H groups in total. The van der Waals surface area contributed by atoms with Gasteiger partial charge in [0, 0.05) is 33.8 Å². The lowest BCUT2D eigenvalue weighted by atomic mass is 9.82. The number of carbonyl (C=O) groups excluding carboxylic acids is 3. The van der Waals surface area contributed by atoms with Gasteiger partial charge in [-0.3, -0.25) is 14.4 Å². The van der Waals surface area contributed by atoms with E-state index in [4.69, 9.17) is 11.6 Å². The number of fused-ring (bicyclic) bond motifs is 1. The lowest BCUT2D eigenvalue weighted by Crippen LogP contribution is -2.42. The SMILES string of the molecule is O=C(NC1CCc2nc(NC(=O)C3CC(O)C3)sc2C1)C(=O)c1ccc(Cl)cc1. The second kappa shape index (κ2) is 8.22. The summed E-state index contributed by atoms with van der Waals surface area (Å²) in [6, 6.07) is 6.06. The van der Waals surface area contributed by atoms with E-state index in [1.807, 2.05) is 0 Å². The summed E-state index contributed by atoms with van der Waals surface area (Å²) in [6.07, 6.45) is 2.53. The first-order chi connectivity index (χ1) is 13.9. The van der Waals surface area contributed by atoms with Crippen molar-refractivity contribution in [1.29, 1.82) is 0 Å². The number of aryl methyl sites for hydroxylation is 1. The zero-order valence-corrected chi connectivity index (χ0v) is 17.1. The van der Waals surface area contributed by atoms with E-state index in [0.29, 0.717) is 47.8 Å². The van der Waals surface area contributed by atoms with Gasteiger partial charge in [0.1, 0.15) is 0 Å². The van der Waals surface area contributed by atoms with Crippen molar-refractivity contribution >= 4 is 45.7 Å². The molecule has 1 unspecified atom stereocenters. The van der Waals surface area contributed by atoms with Crippen molar-refractivity contribution in [1.82, 2.24) is 10.3 Å². The van der Waals surface area contributed by atoms with Gasteiger partial charge < -0.3 is 15.7 Å². The smallest absolute Gasteiger partial charge is 0.292 e. The summed E-state index contributed by atoms with van der Waals surface area (Å²) in [4.78, 5) is 42.2. The Kier molecular flexibility index (Phi) is 5.67. The van der Waals surface area contributed by atoms with Crippen molar-refractivity contribution in [3.63, 3.8) is 0 Å². The summed E-state index contributed by atoms with van der Waals surface area (Å²) < 4.78 is 0. The molecule has 2 aromatic rings. The fourth-order valence-electron chi connectivity index (χ4n) is 3.54. The Morgan fingerprint density at radius 2 is 1.90 bits per heavy atom. The number of thiazole rings is 1. The maximum Gasteiger partial charge on any atom is 0.292 e. The number of aromatic nitrogens is 1. The molecule has 0 spiro atoms. The van der Waals surface area contributed by atoms with Gasteiger partial charge in [-0.05, 0) is 49.9 Å². The summed E-state index contributed by atoms with van der Waals surface area (Å²) >= 11 is 7.21. The minimum atomic E-state index is -0.637. The average Bonchev–Trinajstić information content (AvgIpc) is 3.06. The number of hydrogen-bond donors (Lipinski definition) is 3. The first kappa shape index (κ1) is 20.0. The van der Waals surface area contributed by atoms with Gasteiger partial charge in [0.25, 0.3) is 5.91 Å². The van der Waals surface area contributed by atoms with Gasteiger partial charge in [0.15, 0.2) is 5.13 Å². The van der Waals surface area contributed by atoms with Crippen molar-refractivity contribution in [3.05, 3.63) is 45.4 Å². The molecule has 152 valence electrons. The topological polar surface area (TPSA) is 108 Å². The molecule has 1 aromatic carbocycles. The minimum Gasteiger partial charge on any atom is -0.393 e. The number of halogens is 1. The highest BCUT2D eigenvalue weighted by Crippen LogP contribution is 2.32. The van der Waals surface area contributed by atoms with Gasteiger partial charge in [-0.2, -0.15) is 0 Å². The fourth-order valence-corrected chi connectivity index (χ4v) is 4.76. The number of amides is 2. The van der Waals surface area contributed by atoms with E-state index < -0.39 is 11.7 Å². The molecule has 1 aromatic heterocycles. The van der Waals surface area contributed by atoms with E-state index in [1.165, 1.54) is 23.5 Å². The summed E-state index contributed by atoms with van der Waals surface area (Å²) in [7, 11) is 0. The molecule has 2 amide bonds. The number of rotatable bonds is 5. The fraction of sp³-hybridized carbons (Fsp3) is 0.400. The molecule has 0 aliphatic heterocycles. The van der Waals surface area contributed by atoms with Crippen molar-refractivity contribution < 1.29 is 19.5 Å². The number of carbonyl (C=O) groups is 3. The Balaban J connectivity index is 1.34. The van der Waals surface area contributed by atoms with Crippen LogP contribution in [0.4, 0.5) is 5.13 Å². The Morgan fingerprint density at radius 1 is 1.17 bits per heavy atom. The van der Waals surface area contributed by atoms with E-state index in [0.717, 1.165) is 10.6 Å². The molecule has 1 saturated carbocycles. The van der Waals surface area contributed by atoms with Crippen molar-refractivity contribution in [2.24, 2.45) is 5.92 Å². The number of ketones is 1. The zero-order chi connectivity index (χ0) is 20.5. The Bertz CT molecular complexity index is 953. The van der Waals surface area contributed by atoms with Gasteiger partial charge in [-0.15, -0.1) is 11.3 Å². The quantitative estimate of drug-likeness (QED) is 0.495. The first-order valence-corrected chi connectivity index (χ1v) is 10.7. The van der Waals surface area contributed by atoms with Crippen molar-refractivity contribution in [2.45, 2.75) is 44.2 Å². The monoisotopic (exact) mass is 433 g/mol. The average molecular weight is 434 g/mol. The normalized spacial score (nSPS) is 22.9. The molecule has 2 aliphatic rings. The van der Waals surface area contributed by atoms with Crippen LogP contribution in [0.5, 0.6) is 0 Å². The lowest BCUT2D eigenvalue weighted by molar-refractivity contribution is -0.126. The Hall–Kier alpha value is -2.29. The minimum absolute atomic E-state index is 0.111. The number of nitrogens with one attached hydrogen (secondary N) is 2. The predicted molar refractivity (Wildman–Crippen MR) is 109 cm³/mol. The number of aliphatic hydroxyl groups is 1. The number of hydrogen-bond acceptors (Lipinski definition) is 6. The van der Waals surface area contributed by atoms with Crippen LogP contribution in [0, 0.1) is 5.92 Å². The van der Waals surface area contributed by atoms with Crippen LogP contribution in [0.3, 0.4) is 0 Å². The Labute approximate surface area is 176 Å². The number of aliphatic hydroxyl groups excluding tert-OH is 1. The standard InChI is InChI=1S/C20H20ClN3O4S/c21-12-3-1-10(2-4-12)17(26)19(28)22-13-5-6-15-16(9-13)29-20(23-15)24-18(27)11-7-14(25)8-11/h1-4,11,13-14,25H,5-9H2,(H,22,28)(H,23,24,27). The Morgan fingerprint density at radius 3 is 2.59 bits per heavy atom. The van der Waals surface area contributed by atoms with Crippen LogP contribution in [0.25, 0.3) is 0 Å². The van der Waals surface area contributed by atoms with Crippen LogP contribution in [-0.4, -0.2) is 39.8 Å². The maximum atomic E-state index is 12.3. The summed E-state index contributed by atoms with van der Waals surface area (Å²) in [5.74, 6) is -1.49. The van der Waals surface area contributed by atoms with Crippen molar-refractivity contribution in [2.75, 3.05) is 5.32 Å². The molecule has 9 heteroatoms. The van der Waals surface area contributed by atoms with E-state index in [-0.39, 0.29) is 24.0 Å². The third-order valence-corrected chi connectivity index (χ3v) is 6.59. The van der Waals surface area contributed by atoms with Gasteiger partial charge in [-0.25, -0.2) is 4.98 Å². The van der Waals surface area contributed by atoms with E-state index in [2.05, 4.69) is 15.6 Å². The van der Waals surface area contributed by atoms with Gasteiger partial charge in [0.05, 0.1) is 11.8 Å². The lowest BCUT2D eigenvalue weighted by Gasteiger charge is -2.29. The molecule has 0 bridgehead atoms. The number of nitrogens with zero attached hydrogens (tertiary/aromatic N) is 1. The van der Waals surface area contributed by atoms with Crippen LogP contribution < -0.4 is 10.6 Å². The highest BCUT2D eigenvalue weighted by atomic mass is 35.5. The largest absolute Gasteiger partial charge is 0.393 e. The zero-order valence-electron chi connectivity index (χ0n) is 15.5. The maximum absolute atomic E-state index is 12.3. The highest BCUT2D eigenvalue weighted by Gasteiger charge is 2.34. The summed E-state index contributed by atoms with van der Waals surface area (Å²) in [6.45, 7) is 0. The van der Waals surface area contributed by atoms with Gasteiger partial charge >= 0.3 is 0 Å². The van der Waals surface area contributed by atoms with Gasteiger partial charge in [-0.1, -0.05) is 11.6 Å². The van der Waals surface area contributed by atoms with Crippen LogP contribution in [-0.2, 0) is 22.4 Å². The molecule has 1 atom stereocenters. The van der Waals surface area contributed by atoms with Crippen LogP contribution in [0.15, 0.2) is 24.3 Å². The van der Waals surface area contributed by atoms with Gasteiger partial charge in [0.2, 0.25) is 11.7 Å². The molecule has 29 heavy (non-hydrogen) atoms. The molecule has 1 fully saturated rings. The third-order valence-electron chi connectivity index (χ3n) is 5.30.